The van der Waals surface area contributed by atoms with Gasteiger partial charge in [0.2, 0.25) is 0 Å². The number of hydrogen-bond acceptors (Lipinski definition) is 4. The highest BCUT2D eigenvalue weighted by molar-refractivity contribution is 5.91. The van der Waals surface area contributed by atoms with Gasteiger partial charge in [0.15, 0.2) is 6.61 Å². The van der Waals surface area contributed by atoms with Gasteiger partial charge in [-0.2, -0.15) is 0 Å². The number of para-hydroxylation sites is 1. The number of amides is 1. The largest absolute Gasteiger partial charge is 0.494 e. The summed E-state index contributed by atoms with van der Waals surface area (Å²) in [6, 6.07) is 14.6. The SMILES string of the molecule is CCOc1ccc(NC(=O)COc2ccccc2CN)cc1. The van der Waals surface area contributed by atoms with Gasteiger partial charge >= 0.3 is 0 Å². The summed E-state index contributed by atoms with van der Waals surface area (Å²) < 4.78 is 10.9. The van der Waals surface area contributed by atoms with Gasteiger partial charge in [0, 0.05) is 17.8 Å². The molecule has 116 valence electrons. The third-order valence-corrected chi connectivity index (χ3v) is 3.00. The van der Waals surface area contributed by atoms with Crippen LogP contribution in [0.5, 0.6) is 11.5 Å². The molecule has 0 aliphatic carbocycles. The predicted molar refractivity (Wildman–Crippen MR) is 86.1 cm³/mol. The molecular weight excluding hydrogens is 280 g/mol. The third kappa shape index (κ3) is 4.49. The summed E-state index contributed by atoms with van der Waals surface area (Å²) in [5, 5.41) is 2.77. The van der Waals surface area contributed by atoms with Crippen LogP contribution >= 0.6 is 0 Å². The number of ether oxygens (including phenoxy) is 2. The van der Waals surface area contributed by atoms with E-state index < -0.39 is 0 Å². The summed E-state index contributed by atoms with van der Waals surface area (Å²) in [5.41, 5.74) is 7.20. The lowest BCUT2D eigenvalue weighted by Gasteiger charge is -2.11. The van der Waals surface area contributed by atoms with Crippen LogP contribution in [0.4, 0.5) is 5.69 Å². The first-order valence-electron chi connectivity index (χ1n) is 7.16. The fourth-order valence-electron chi connectivity index (χ4n) is 1.95. The lowest BCUT2D eigenvalue weighted by Crippen LogP contribution is -2.20. The van der Waals surface area contributed by atoms with E-state index in [0.717, 1.165) is 11.3 Å². The van der Waals surface area contributed by atoms with Crippen molar-refractivity contribution < 1.29 is 14.3 Å². The van der Waals surface area contributed by atoms with Crippen LogP contribution in [0.2, 0.25) is 0 Å². The Bertz CT molecular complexity index is 612. The molecule has 2 aromatic carbocycles. The third-order valence-electron chi connectivity index (χ3n) is 3.00. The Labute approximate surface area is 130 Å². The van der Waals surface area contributed by atoms with Crippen LogP contribution in [-0.4, -0.2) is 19.1 Å². The van der Waals surface area contributed by atoms with Crippen molar-refractivity contribution >= 4 is 11.6 Å². The Balaban J connectivity index is 1.87. The average molecular weight is 300 g/mol. The van der Waals surface area contributed by atoms with Gasteiger partial charge in [0.05, 0.1) is 6.61 Å². The van der Waals surface area contributed by atoms with Gasteiger partial charge in [-0.15, -0.1) is 0 Å². The monoisotopic (exact) mass is 300 g/mol. The molecule has 0 aliphatic rings. The van der Waals surface area contributed by atoms with Crippen molar-refractivity contribution in [1.29, 1.82) is 0 Å². The predicted octanol–water partition coefficient (Wildman–Crippen LogP) is 2.56. The van der Waals surface area contributed by atoms with Crippen molar-refractivity contribution in [3.63, 3.8) is 0 Å². The van der Waals surface area contributed by atoms with Gasteiger partial charge in [-0.3, -0.25) is 4.79 Å². The number of rotatable bonds is 7. The first-order valence-corrected chi connectivity index (χ1v) is 7.16. The Hall–Kier alpha value is -2.53. The molecule has 0 aliphatic heterocycles. The minimum absolute atomic E-state index is 0.0653. The van der Waals surface area contributed by atoms with Crippen molar-refractivity contribution in [3.05, 3.63) is 54.1 Å². The highest BCUT2D eigenvalue weighted by Gasteiger charge is 2.06. The van der Waals surface area contributed by atoms with Gasteiger partial charge in [-0.1, -0.05) is 18.2 Å². The lowest BCUT2D eigenvalue weighted by atomic mass is 10.2. The van der Waals surface area contributed by atoms with E-state index in [1.807, 2.05) is 37.3 Å². The topological polar surface area (TPSA) is 73.6 Å². The van der Waals surface area contributed by atoms with Gasteiger partial charge in [0.1, 0.15) is 11.5 Å². The fraction of sp³-hybridized carbons (Fsp3) is 0.235. The first kappa shape index (κ1) is 15.9. The molecule has 0 heterocycles. The van der Waals surface area contributed by atoms with E-state index in [1.165, 1.54) is 0 Å². The van der Waals surface area contributed by atoms with E-state index in [4.69, 9.17) is 15.2 Å². The maximum absolute atomic E-state index is 11.9. The van der Waals surface area contributed by atoms with Crippen LogP contribution in [0.15, 0.2) is 48.5 Å². The highest BCUT2D eigenvalue weighted by atomic mass is 16.5. The first-order chi connectivity index (χ1) is 10.7. The zero-order chi connectivity index (χ0) is 15.8. The normalized spacial score (nSPS) is 10.1. The fourth-order valence-corrected chi connectivity index (χ4v) is 1.95. The van der Waals surface area contributed by atoms with E-state index in [2.05, 4.69) is 5.32 Å². The van der Waals surface area contributed by atoms with Gasteiger partial charge < -0.3 is 20.5 Å². The second-order valence-corrected chi connectivity index (χ2v) is 4.61. The molecule has 0 saturated heterocycles. The molecule has 0 unspecified atom stereocenters. The maximum atomic E-state index is 11.9. The Kier molecular flexibility index (Phi) is 5.80. The zero-order valence-electron chi connectivity index (χ0n) is 12.5. The molecular formula is C17H20N2O3. The lowest BCUT2D eigenvalue weighted by molar-refractivity contribution is -0.118. The summed E-state index contributed by atoms with van der Waals surface area (Å²) in [6.07, 6.45) is 0. The van der Waals surface area contributed by atoms with Gasteiger partial charge in [-0.05, 0) is 37.3 Å². The van der Waals surface area contributed by atoms with Crippen LogP contribution in [0.1, 0.15) is 12.5 Å². The van der Waals surface area contributed by atoms with E-state index in [1.54, 1.807) is 18.2 Å². The Morgan fingerprint density at radius 3 is 2.50 bits per heavy atom. The molecule has 0 spiro atoms. The summed E-state index contributed by atoms with van der Waals surface area (Å²) in [4.78, 5) is 11.9. The molecule has 2 aromatic rings. The van der Waals surface area contributed by atoms with Crippen LogP contribution < -0.4 is 20.5 Å². The van der Waals surface area contributed by atoms with E-state index in [-0.39, 0.29) is 12.5 Å². The Morgan fingerprint density at radius 2 is 1.82 bits per heavy atom. The van der Waals surface area contributed by atoms with Crippen LogP contribution in [0, 0.1) is 0 Å². The molecule has 0 atom stereocenters. The van der Waals surface area contributed by atoms with E-state index in [0.29, 0.717) is 24.6 Å². The molecule has 0 saturated carbocycles. The Morgan fingerprint density at radius 1 is 1.09 bits per heavy atom. The molecule has 5 heteroatoms. The van der Waals surface area contributed by atoms with Crippen molar-refractivity contribution in [3.8, 4) is 11.5 Å². The molecule has 0 aromatic heterocycles. The van der Waals surface area contributed by atoms with Crippen molar-refractivity contribution in [2.75, 3.05) is 18.5 Å². The summed E-state index contributed by atoms with van der Waals surface area (Å²) in [5.74, 6) is 1.18. The van der Waals surface area contributed by atoms with Crippen LogP contribution in [0.3, 0.4) is 0 Å². The molecule has 1 amide bonds. The highest BCUT2D eigenvalue weighted by Crippen LogP contribution is 2.18. The minimum Gasteiger partial charge on any atom is -0.494 e. The molecule has 0 bridgehead atoms. The summed E-state index contributed by atoms with van der Waals surface area (Å²) >= 11 is 0. The standard InChI is InChI=1S/C17H20N2O3/c1-2-21-15-9-7-14(8-10-15)19-17(20)12-22-16-6-4-3-5-13(16)11-18/h3-10H,2,11-12,18H2,1H3,(H,19,20). The number of carbonyl (C=O) groups excluding carboxylic acids is 1. The molecule has 3 N–H and O–H groups in total. The van der Waals surface area contributed by atoms with Crippen LogP contribution in [-0.2, 0) is 11.3 Å². The molecule has 2 rings (SSSR count). The second-order valence-electron chi connectivity index (χ2n) is 4.61. The van der Waals surface area contributed by atoms with E-state index in [9.17, 15) is 4.79 Å². The number of nitrogens with two attached hydrogens (primary N) is 1. The van der Waals surface area contributed by atoms with Crippen molar-refractivity contribution in [1.82, 2.24) is 0 Å². The summed E-state index contributed by atoms with van der Waals surface area (Å²) in [6.45, 7) is 2.84. The van der Waals surface area contributed by atoms with E-state index >= 15 is 0 Å². The number of carbonyl (C=O) groups is 1. The number of anilines is 1. The number of nitrogens with one attached hydrogen (secondary N) is 1. The van der Waals surface area contributed by atoms with Crippen LogP contribution in [0.25, 0.3) is 0 Å². The second kappa shape index (κ2) is 8.05. The molecule has 0 radical (unpaired) electrons. The molecule has 22 heavy (non-hydrogen) atoms. The zero-order valence-corrected chi connectivity index (χ0v) is 12.5. The molecule has 5 nitrogen and oxygen atoms in total. The maximum Gasteiger partial charge on any atom is 0.262 e. The number of hydrogen-bond donors (Lipinski definition) is 2. The smallest absolute Gasteiger partial charge is 0.262 e. The van der Waals surface area contributed by atoms with Crippen molar-refractivity contribution in [2.24, 2.45) is 5.73 Å². The van der Waals surface area contributed by atoms with Gasteiger partial charge in [0.25, 0.3) is 5.91 Å². The minimum atomic E-state index is -0.226. The molecule has 0 fully saturated rings. The summed E-state index contributed by atoms with van der Waals surface area (Å²) in [7, 11) is 0. The average Bonchev–Trinajstić information content (AvgIpc) is 2.55. The van der Waals surface area contributed by atoms with Crippen molar-refractivity contribution in [2.45, 2.75) is 13.5 Å². The number of benzene rings is 2. The quantitative estimate of drug-likeness (QED) is 0.824. The van der Waals surface area contributed by atoms with Gasteiger partial charge in [-0.25, -0.2) is 0 Å².